The van der Waals surface area contributed by atoms with E-state index < -0.39 is 0 Å². The van der Waals surface area contributed by atoms with E-state index in [4.69, 9.17) is 58.0 Å². The molecule has 0 aromatic heterocycles. The van der Waals surface area contributed by atoms with E-state index in [9.17, 15) is 0 Å². The molecule has 0 saturated carbocycles. The fraction of sp³-hybridized carbons (Fsp3) is 1.00. The minimum absolute atomic E-state index is 0.0894. The zero-order valence-corrected chi connectivity index (χ0v) is 24.9. The average molecular weight is 565 g/mol. The van der Waals surface area contributed by atoms with Crippen molar-refractivity contribution in [3.63, 3.8) is 0 Å². The van der Waals surface area contributed by atoms with Crippen molar-refractivity contribution < 1.29 is 58.0 Å². The van der Waals surface area contributed by atoms with Crippen molar-refractivity contribution in [3.05, 3.63) is 0 Å². The predicted molar refractivity (Wildman–Crippen MR) is 147 cm³/mol. The standard InChI is InChI=1S/C8H18O3.3C6H14O3/c1-3-9-5-7-11-8-6-10-4-2;3*1-2-8-5-6-9-4-3-7/h3-8H2,1-2H3;3*7H,2-6H2,1H3. The summed E-state index contributed by atoms with van der Waals surface area (Å²) in [6.07, 6.45) is 0. The van der Waals surface area contributed by atoms with Gasteiger partial charge in [0.2, 0.25) is 0 Å². The van der Waals surface area contributed by atoms with E-state index in [1.54, 1.807) is 0 Å². The fourth-order valence-corrected chi connectivity index (χ4v) is 1.91. The van der Waals surface area contributed by atoms with E-state index in [1.165, 1.54) is 0 Å². The summed E-state index contributed by atoms with van der Waals surface area (Å²) in [5.41, 5.74) is 0. The molecule has 0 heterocycles. The molecule has 0 rings (SSSR count). The lowest BCUT2D eigenvalue weighted by Gasteiger charge is -2.03. The van der Waals surface area contributed by atoms with E-state index in [1.807, 2.05) is 34.6 Å². The van der Waals surface area contributed by atoms with Gasteiger partial charge in [-0.1, -0.05) is 0 Å². The van der Waals surface area contributed by atoms with Gasteiger partial charge in [0.15, 0.2) is 0 Å². The first kappa shape index (κ1) is 44.5. The van der Waals surface area contributed by atoms with Gasteiger partial charge in [-0.25, -0.2) is 0 Å². The van der Waals surface area contributed by atoms with Crippen molar-refractivity contribution in [2.45, 2.75) is 34.6 Å². The van der Waals surface area contributed by atoms with E-state index in [-0.39, 0.29) is 19.8 Å². The molecule has 3 N–H and O–H groups in total. The third-order valence-corrected chi connectivity index (χ3v) is 3.59. The van der Waals surface area contributed by atoms with Crippen LogP contribution in [0.15, 0.2) is 0 Å². The van der Waals surface area contributed by atoms with Crippen LogP contribution in [0, 0.1) is 0 Å². The third kappa shape index (κ3) is 65.0. The number of hydrogen-bond donors (Lipinski definition) is 3. The molecule has 0 saturated heterocycles. The molecule has 12 heteroatoms. The van der Waals surface area contributed by atoms with Crippen LogP contribution in [0.3, 0.4) is 0 Å². The Morgan fingerprint density at radius 3 is 0.579 bits per heavy atom. The Labute approximate surface area is 231 Å². The first-order chi connectivity index (χ1) is 18.7. The highest BCUT2D eigenvalue weighted by Gasteiger charge is 1.88. The quantitative estimate of drug-likeness (QED) is 0.130. The van der Waals surface area contributed by atoms with Gasteiger partial charge < -0.3 is 58.0 Å². The molecular formula is C26H60O12. The van der Waals surface area contributed by atoms with Gasteiger partial charge in [-0.05, 0) is 34.6 Å². The second-order valence-corrected chi connectivity index (χ2v) is 6.60. The normalized spacial score (nSPS) is 10.1. The first-order valence-electron chi connectivity index (χ1n) is 13.7. The van der Waals surface area contributed by atoms with Gasteiger partial charge in [-0.3, -0.25) is 0 Å². The maximum Gasteiger partial charge on any atom is 0.0701 e. The van der Waals surface area contributed by atoms with Crippen LogP contribution in [-0.4, -0.2) is 154 Å². The Kier molecular flexibility index (Phi) is 62.0. The van der Waals surface area contributed by atoms with E-state index >= 15 is 0 Å². The average Bonchev–Trinajstić information content (AvgIpc) is 2.94. The molecule has 0 aliphatic heterocycles. The number of aliphatic hydroxyl groups excluding tert-OH is 3. The number of ether oxygens (including phenoxy) is 9. The SMILES string of the molecule is CCOCCOCCO.CCOCCOCCO.CCOCCOCCO.CCOCCOCCOCC. The lowest BCUT2D eigenvalue weighted by molar-refractivity contribution is 0.0195. The molecule has 0 amide bonds. The summed E-state index contributed by atoms with van der Waals surface area (Å²) >= 11 is 0. The minimum atomic E-state index is 0.0894. The lowest BCUT2D eigenvalue weighted by Crippen LogP contribution is -2.08. The summed E-state index contributed by atoms with van der Waals surface area (Å²) in [6, 6.07) is 0. The maximum atomic E-state index is 8.26. The molecule has 0 bridgehead atoms. The van der Waals surface area contributed by atoms with Crippen LogP contribution >= 0.6 is 0 Å². The molecule has 236 valence electrons. The second-order valence-electron chi connectivity index (χ2n) is 6.60. The molecule has 0 radical (unpaired) electrons. The molecule has 0 fully saturated rings. The van der Waals surface area contributed by atoms with Crippen LogP contribution in [0.1, 0.15) is 34.6 Å². The van der Waals surface area contributed by atoms with Gasteiger partial charge in [-0.15, -0.1) is 0 Å². The molecule has 0 atom stereocenters. The van der Waals surface area contributed by atoms with Gasteiger partial charge in [0.05, 0.1) is 106 Å². The Balaban J connectivity index is -0.000000204. The summed E-state index contributed by atoms with van der Waals surface area (Å²) in [5.74, 6) is 0. The highest BCUT2D eigenvalue weighted by molar-refractivity contribution is 4.31. The molecule has 38 heavy (non-hydrogen) atoms. The molecule has 0 aliphatic carbocycles. The third-order valence-electron chi connectivity index (χ3n) is 3.59. The number of rotatable bonds is 26. The molecule has 0 aliphatic rings. The summed E-state index contributed by atoms with van der Waals surface area (Å²) in [7, 11) is 0. The van der Waals surface area contributed by atoms with Crippen LogP contribution in [0.25, 0.3) is 0 Å². The van der Waals surface area contributed by atoms with Crippen LogP contribution in [0.5, 0.6) is 0 Å². The number of aliphatic hydroxyl groups is 3. The van der Waals surface area contributed by atoms with Crippen molar-refractivity contribution in [2.24, 2.45) is 0 Å². The second kappa shape index (κ2) is 52.9. The zero-order chi connectivity index (χ0) is 29.2. The van der Waals surface area contributed by atoms with Crippen molar-refractivity contribution in [1.82, 2.24) is 0 Å². The Bertz CT molecular complexity index is 269. The predicted octanol–water partition coefficient (Wildman–Crippen LogP) is 1.17. The highest BCUT2D eigenvalue weighted by Crippen LogP contribution is 1.80. The van der Waals surface area contributed by atoms with E-state index in [0.717, 1.165) is 33.0 Å². The molecule has 0 unspecified atom stereocenters. The first-order valence-corrected chi connectivity index (χ1v) is 13.7. The highest BCUT2D eigenvalue weighted by atomic mass is 16.5. The van der Waals surface area contributed by atoms with Gasteiger partial charge >= 0.3 is 0 Å². The smallest absolute Gasteiger partial charge is 0.0701 e. The van der Waals surface area contributed by atoms with Crippen molar-refractivity contribution in [2.75, 3.05) is 139 Å². The van der Waals surface area contributed by atoms with Gasteiger partial charge in [-0.2, -0.15) is 0 Å². The van der Waals surface area contributed by atoms with Crippen molar-refractivity contribution >= 4 is 0 Å². The molecule has 0 spiro atoms. The largest absolute Gasteiger partial charge is 0.394 e. The fourth-order valence-electron chi connectivity index (χ4n) is 1.91. The topological polar surface area (TPSA) is 144 Å². The van der Waals surface area contributed by atoms with E-state index in [2.05, 4.69) is 0 Å². The van der Waals surface area contributed by atoms with Gasteiger partial charge in [0.25, 0.3) is 0 Å². The lowest BCUT2D eigenvalue weighted by atomic mass is 10.7. The van der Waals surface area contributed by atoms with Crippen LogP contribution in [-0.2, 0) is 42.6 Å². The van der Waals surface area contributed by atoms with Crippen molar-refractivity contribution in [1.29, 1.82) is 0 Å². The van der Waals surface area contributed by atoms with Crippen molar-refractivity contribution in [3.8, 4) is 0 Å². The summed E-state index contributed by atoms with van der Waals surface area (Å²) in [6.45, 7) is 21.2. The molecular weight excluding hydrogens is 504 g/mol. The maximum absolute atomic E-state index is 8.26. The van der Waals surface area contributed by atoms with E-state index in [0.29, 0.717) is 85.9 Å². The monoisotopic (exact) mass is 564 g/mol. The minimum Gasteiger partial charge on any atom is -0.394 e. The zero-order valence-electron chi connectivity index (χ0n) is 24.9. The van der Waals surface area contributed by atoms with Crippen LogP contribution in [0.4, 0.5) is 0 Å². The summed E-state index contributed by atoms with van der Waals surface area (Å²) < 4.78 is 45.0. The Morgan fingerprint density at radius 2 is 0.421 bits per heavy atom. The van der Waals surface area contributed by atoms with Gasteiger partial charge in [0, 0.05) is 33.0 Å². The summed E-state index contributed by atoms with van der Waals surface area (Å²) in [4.78, 5) is 0. The van der Waals surface area contributed by atoms with Gasteiger partial charge in [0.1, 0.15) is 0 Å². The Hall–Kier alpha value is -0.480. The van der Waals surface area contributed by atoms with Crippen LogP contribution < -0.4 is 0 Å². The summed E-state index contributed by atoms with van der Waals surface area (Å²) in [5, 5.41) is 24.8. The molecule has 0 aromatic carbocycles. The Morgan fingerprint density at radius 1 is 0.263 bits per heavy atom. The number of hydrogen-bond acceptors (Lipinski definition) is 12. The molecule has 0 aromatic rings. The molecule has 12 nitrogen and oxygen atoms in total. The van der Waals surface area contributed by atoms with Crippen LogP contribution in [0.2, 0.25) is 0 Å².